The smallest absolute Gasteiger partial charge is 0.261 e. The van der Waals surface area contributed by atoms with E-state index >= 15 is 0 Å². The summed E-state index contributed by atoms with van der Waals surface area (Å²) < 4.78 is 3.62. The number of aromatic nitrogens is 5. The van der Waals surface area contributed by atoms with Gasteiger partial charge in [0.1, 0.15) is 5.65 Å². The number of carbonyl (C=O) groups excluding carboxylic acids is 1. The van der Waals surface area contributed by atoms with E-state index in [9.17, 15) is 4.79 Å². The Morgan fingerprint density at radius 3 is 2.80 bits per heavy atom. The van der Waals surface area contributed by atoms with Crippen LogP contribution in [0.1, 0.15) is 21.7 Å². The zero-order chi connectivity index (χ0) is 17.6. The second-order valence-electron chi connectivity index (χ2n) is 5.85. The lowest BCUT2D eigenvalue weighted by Gasteiger charge is -2.08. The van der Waals surface area contributed by atoms with Crippen LogP contribution in [0, 0.1) is 13.8 Å². The Morgan fingerprint density at radius 2 is 2.12 bits per heavy atom. The normalized spacial score (nSPS) is 11.2. The molecule has 4 aromatic heterocycles. The van der Waals surface area contributed by atoms with Gasteiger partial charge in [0.2, 0.25) is 0 Å². The van der Waals surface area contributed by atoms with Crippen LogP contribution in [0.15, 0.2) is 36.2 Å². The van der Waals surface area contributed by atoms with E-state index in [0.717, 1.165) is 22.5 Å². The molecule has 0 bridgehead atoms. The maximum absolute atomic E-state index is 12.8. The van der Waals surface area contributed by atoms with Gasteiger partial charge in [-0.1, -0.05) is 0 Å². The quantitative estimate of drug-likeness (QED) is 0.615. The molecule has 0 atom stereocenters. The fourth-order valence-electron chi connectivity index (χ4n) is 2.81. The van der Waals surface area contributed by atoms with Crippen molar-refractivity contribution >= 4 is 28.0 Å². The predicted molar refractivity (Wildman–Crippen MR) is 96.9 cm³/mol. The number of hydrogen-bond acceptors (Lipinski definition) is 5. The van der Waals surface area contributed by atoms with E-state index < -0.39 is 0 Å². The van der Waals surface area contributed by atoms with Crippen molar-refractivity contribution < 1.29 is 4.79 Å². The first kappa shape index (κ1) is 15.5. The fraction of sp³-hybridized carbons (Fsp3) is 0.176. The number of fused-ring (bicyclic) bond motifs is 1. The van der Waals surface area contributed by atoms with Crippen molar-refractivity contribution in [2.75, 3.05) is 5.32 Å². The number of amides is 1. The minimum Gasteiger partial charge on any atom is -0.306 e. The van der Waals surface area contributed by atoms with Gasteiger partial charge >= 0.3 is 0 Å². The highest BCUT2D eigenvalue weighted by atomic mass is 32.1. The van der Waals surface area contributed by atoms with E-state index in [0.29, 0.717) is 16.3 Å². The molecule has 0 fully saturated rings. The fourth-order valence-corrected chi connectivity index (χ4v) is 3.49. The number of aryl methyl sites for hydroxylation is 3. The van der Waals surface area contributed by atoms with Gasteiger partial charge in [-0.25, -0.2) is 9.97 Å². The summed E-state index contributed by atoms with van der Waals surface area (Å²) in [5, 5.41) is 9.71. The first-order valence-corrected chi connectivity index (χ1v) is 8.60. The summed E-state index contributed by atoms with van der Waals surface area (Å²) in [6.45, 7) is 3.84. The molecule has 0 spiro atoms. The van der Waals surface area contributed by atoms with Crippen molar-refractivity contribution in [1.29, 1.82) is 0 Å². The summed E-state index contributed by atoms with van der Waals surface area (Å²) >= 11 is 1.40. The van der Waals surface area contributed by atoms with Crippen molar-refractivity contribution in [3.63, 3.8) is 0 Å². The molecule has 0 saturated carbocycles. The van der Waals surface area contributed by atoms with Crippen LogP contribution in [0.5, 0.6) is 0 Å². The van der Waals surface area contributed by atoms with E-state index in [-0.39, 0.29) is 5.91 Å². The number of imidazole rings is 1. The first-order chi connectivity index (χ1) is 12.0. The summed E-state index contributed by atoms with van der Waals surface area (Å²) in [5.41, 5.74) is 4.79. The van der Waals surface area contributed by atoms with Gasteiger partial charge in [0.05, 0.1) is 17.0 Å². The predicted octanol–water partition coefficient (Wildman–Crippen LogP) is 3.06. The molecule has 0 aromatic carbocycles. The van der Waals surface area contributed by atoms with Gasteiger partial charge in [0.15, 0.2) is 5.13 Å². The molecule has 1 amide bonds. The largest absolute Gasteiger partial charge is 0.306 e. The van der Waals surface area contributed by atoms with Gasteiger partial charge in [-0.3, -0.25) is 14.8 Å². The molecule has 0 unspecified atom stereocenters. The Balaban J connectivity index is 1.81. The third-order valence-electron chi connectivity index (χ3n) is 3.90. The van der Waals surface area contributed by atoms with Crippen molar-refractivity contribution in [2.45, 2.75) is 13.8 Å². The number of anilines is 1. The standard InChI is InChI=1S/C17H16N6OS/c1-10-9-25-17(19-10)20-16(24)13-6-12(7-23-5-4-18-15(13)23)14-8-22(3)21-11(14)2/h4-9H,1-3H3,(H,19,20,24). The summed E-state index contributed by atoms with van der Waals surface area (Å²) in [4.78, 5) is 21.4. The van der Waals surface area contributed by atoms with Gasteiger partial charge in [-0.2, -0.15) is 5.10 Å². The van der Waals surface area contributed by atoms with Crippen LogP contribution >= 0.6 is 11.3 Å². The summed E-state index contributed by atoms with van der Waals surface area (Å²) in [5.74, 6) is -0.228. The number of pyridine rings is 1. The third kappa shape index (κ3) is 2.80. The van der Waals surface area contributed by atoms with Crippen molar-refractivity contribution in [3.05, 3.63) is 53.2 Å². The lowest BCUT2D eigenvalue weighted by Crippen LogP contribution is -2.13. The molecule has 0 aliphatic heterocycles. The molecule has 0 aliphatic carbocycles. The Morgan fingerprint density at radius 1 is 1.28 bits per heavy atom. The molecule has 0 radical (unpaired) electrons. The number of carbonyl (C=O) groups is 1. The lowest BCUT2D eigenvalue weighted by atomic mass is 10.1. The second kappa shape index (κ2) is 5.82. The molecule has 0 aliphatic rings. The topological polar surface area (TPSA) is 77.1 Å². The van der Waals surface area contributed by atoms with Crippen molar-refractivity contribution in [3.8, 4) is 11.1 Å². The maximum atomic E-state index is 12.8. The van der Waals surface area contributed by atoms with Gasteiger partial charge in [0.25, 0.3) is 5.91 Å². The minimum atomic E-state index is -0.228. The van der Waals surface area contributed by atoms with Crippen LogP contribution in [0.25, 0.3) is 16.8 Å². The number of nitrogens with zero attached hydrogens (tertiary/aromatic N) is 5. The maximum Gasteiger partial charge on any atom is 0.261 e. The summed E-state index contributed by atoms with van der Waals surface area (Å²) in [7, 11) is 1.88. The number of nitrogens with one attached hydrogen (secondary N) is 1. The average molecular weight is 352 g/mol. The summed E-state index contributed by atoms with van der Waals surface area (Å²) in [6, 6.07) is 1.85. The van der Waals surface area contributed by atoms with E-state index in [1.807, 2.05) is 55.3 Å². The molecule has 4 aromatic rings. The highest BCUT2D eigenvalue weighted by Gasteiger charge is 2.17. The molecular formula is C17H16N6OS. The molecule has 4 rings (SSSR count). The Bertz CT molecular complexity index is 1090. The molecule has 1 N–H and O–H groups in total. The van der Waals surface area contributed by atoms with E-state index in [4.69, 9.17) is 0 Å². The zero-order valence-corrected chi connectivity index (χ0v) is 14.8. The Hall–Kier alpha value is -3.00. The molecule has 25 heavy (non-hydrogen) atoms. The summed E-state index contributed by atoms with van der Waals surface area (Å²) in [6.07, 6.45) is 7.41. The van der Waals surface area contributed by atoms with Gasteiger partial charge < -0.3 is 4.40 Å². The van der Waals surface area contributed by atoms with Crippen LogP contribution in [0.2, 0.25) is 0 Å². The van der Waals surface area contributed by atoms with Gasteiger partial charge in [-0.15, -0.1) is 11.3 Å². The molecule has 7 nitrogen and oxygen atoms in total. The SMILES string of the molecule is Cc1csc(NC(=O)c2cc(-c3cn(C)nc3C)cn3ccnc23)n1. The third-order valence-corrected chi connectivity index (χ3v) is 4.77. The van der Waals surface area contributed by atoms with Crippen LogP contribution < -0.4 is 5.32 Å². The zero-order valence-electron chi connectivity index (χ0n) is 14.0. The monoisotopic (exact) mass is 352 g/mol. The van der Waals surface area contributed by atoms with Crippen molar-refractivity contribution in [1.82, 2.24) is 24.1 Å². The molecule has 0 saturated heterocycles. The number of thiazole rings is 1. The highest BCUT2D eigenvalue weighted by Crippen LogP contribution is 2.26. The average Bonchev–Trinajstić information content (AvgIpc) is 3.26. The van der Waals surface area contributed by atoms with Gasteiger partial charge in [-0.05, 0) is 19.9 Å². The van der Waals surface area contributed by atoms with E-state index in [1.54, 1.807) is 10.9 Å². The first-order valence-electron chi connectivity index (χ1n) is 7.72. The van der Waals surface area contributed by atoms with Crippen LogP contribution in [0.4, 0.5) is 5.13 Å². The second-order valence-corrected chi connectivity index (χ2v) is 6.71. The van der Waals surface area contributed by atoms with Gasteiger partial charge in [0, 0.05) is 48.3 Å². The minimum absolute atomic E-state index is 0.228. The highest BCUT2D eigenvalue weighted by molar-refractivity contribution is 7.13. The van der Waals surface area contributed by atoms with Crippen LogP contribution in [0.3, 0.4) is 0 Å². The molecular weight excluding hydrogens is 336 g/mol. The lowest BCUT2D eigenvalue weighted by molar-refractivity contribution is 0.102. The number of hydrogen-bond donors (Lipinski definition) is 1. The van der Waals surface area contributed by atoms with Crippen LogP contribution in [-0.2, 0) is 7.05 Å². The van der Waals surface area contributed by atoms with E-state index in [1.165, 1.54) is 11.3 Å². The number of rotatable bonds is 3. The Labute approximate surface area is 148 Å². The molecule has 126 valence electrons. The molecule has 4 heterocycles. The van der Waals surface area contributed by atoms with Crippen LogP contribution in [-0.4, -0.2) is 30.1 Å². The molecule has 8 heteroatoms. The Kier molecular flexibility index (Phi) is 3.61. The van der Waals surface area contributed by atoms with E-state index in [2.05, 4.69) is 20.4 Å². The van der Waals surface area contributed by atoms with Crippen molar-refractivity contribution in [2.24, 2.45) is 7.05 Å².